The Labute approximate surface area is 197 Å². The Kier molecular flexibility index (Phi) is 9.54. The number of aromatic nitrogens is 2. The minimum atomic E-state index is -0.150. The number of guanidine groups is 1. The van der Waals surface area contributed by atoms with Gasteiger partial charge in [-0.1, -0.05) is 56.3 Å². The maximum absolute atomic E-state index is 5.36. The second-order valence-corrected chi connectivity index (χ2v) is 8.59. The normalized spacial score (nSPS) is 17.6. The van der Waals surface area contributed by atoms with Gasteiger partial charge < -0.3 is 15.2 Å². The molecular weight excluding hydrogens is 491 g/mol. The molecule has 0 amide bonds. The van der Waals surface area contributed by atoms with Gasteiger partial charge in [-0.15, -0.1) is 24.0 Å². The van der Waals surface area contributed by atoms with Gasteiger partial charge in [-0.2, -0.15) is 4.98 Å². The van der Waals surface area contributed by atoms with Crippen LogP contribution >= 0.6 is 24.0 Å². The molecule has 1 unspecified atom stereocenters. The van der Waals surface area contributed by atoms with Gasteiger partial charge in [0.15, 0.2) is 11.8 Å². The molecule has 1 aliphatic heterocycles. The molecular formula is C22H35IN6O. The van der Waals surface area contributed by atoms with Crippen LogP contribution in [0.15, 0.2) is 39.8 Å². The van der Waals surface area contributed by atoms with Crippen molar-refractivity contribution in [3.63, 3.8) is 0 Å². The monoisotopic (exact) mass is 526 g/mol. The van der Waals surface area contributed by atoms with Crippen LogP contribution in [0.4, 0.5) is 0 Å². The first-order valence-electron chi connectivity index (χ1n) is 10.6. The van der Waals surface area contributed by atoms with Crippen molar-refractivity contribution in [2.75, 3.05) is 19.6 Å². The van der Waals surface area contributed by atoms with Crippen molar-refractivity contribution in [2.45, 2.75) is 65.1 Å². The van der Waals surface area contributed by atoms with E-state index in [1.807, 2.05) is 0 Å². The number of hydrogen-bond donors (Lipinski definition) is 2. The molecule has 0 saturated carbocycles. The van der Waals surface area contributed by atoms with Crippen molar-refractivity contribution in [1.29, 1.82) is 0 Å². The van der Waals surface area contributed by atoms with E-state index in [0.717, 1.165) is 32.1 Å². The fraction of sp³-hybridized carbons (Fsp3) is 0.591. The van der Waals surface area contributed by atoms with Crippen LogP contribution in [0.25, 0.3) is 0 Å². The molecule has 0 bridgehead atoms. The largest absolute Gasteiger partial charge is 0.357 e. The third-order valence-corrected chi connectivity index (χ3v) is 5.07. The van der Waals surface area contributed by atoms with E-state index in [4.69, 9.17) is 4.52 Å². The number of benzene rings is 1. The molecule has 1 fully saturated rings. The molecule has 1 atom stereocenters. The summed E-state index contributed by atoms with van der Waals surface area (Å²) in [7, 11) is 0. The zero-order valence-electron chi connectivity index (χ0n) is 18.5. The molecule has 1 aromatic heterocycles. The Bertz CT molecular complexity index is 786. The van der Waals surface area contributed by atoms with Crippen LogP contribution < -0.4 is 10.6 Å². The van der Waals surface area contributed by atoms with Crippen LogP contribution in [0.3, 0.4) is 0 Å². The first-order chi connectivity index (χ1) is 14.0. The van der Waals surface area contributed by atoms with E-state index in [2.05, 4.69) is 88.7 Å². The molecule has 1 aromatic carbocycles. The predicted molar refractivity (Wildman–Crippen MR) is 131 cm³/mol. The summed E-state index contributed by atoms with van der Waals surface area (Å²) in [5, 5.41) is 10.9. The van der Waals surface area contributed by atoms with E-state index >= 15 is 0 Å². The van der Waals surface area contributed by atoms with E-state index in [1.54, 1.807) is 0 Å². The van der Waals surface area contributed by atoms with Gasteiger partial charge in [-0.05, 0) is 31.9 Å². The average Bonchev–Trinajstić information content (AvgIpc) is 3.34. The molecule has 166 valence electrons. The topological polar surface area (TPSA) is 78.6 Å². The molecule has 1 saturated heterocycles. The van der Waals surface area contributed by atoms with Gasteiger partial charge in [0, 0.05) is 31.1 Å². The maximum atomic E-state index is 5.36. The van der Waals surface area contributed by atoms with E-state index in [1.165, 1.54) is 18.4 Å². The molecule has 3 rings (SSSR count). The zero-order chi connectivity index (χ0) is 20.7. The van der Waals surface area contributed by atoms with Crippen molar-refractivity contribution in [1.82, 2.24) is 25.7 Å². The lowest BCUT2D eigenvalue weighted by Crippen LogP contribution is -2.44. The third kappa shape index (κ3) is 7.23. The lowest BCUT2D eigenvalue weighted by atomic mass is 9.97. The van der Waals surface area contributed by atoms with Crippen molar-refractivity contribution >= 4 is 29.9 Å². The van der Waals surface area contributed by atoms with Crippen LogP contribution in [-0.4, -0.2) is 46.7 Å². The van der Waals surface area contributed by atoms with E-state index in [9.17, 15) is 0 Å². The van der Waals surface area contributed by atoms with Crippen LogP contribution in [0.2, 0.25) is 0 Å². The van der Waals surface area contributed by atoms with E-state index < -0.39 is 0 Å². The van der Waals surface area contributed by atoms with Crippen LogP contribution in [0.5, 0.6) is 0 Å². The Hall–Kier alpha value is -1.68. The number of hydrogen-bond acceptors (Lipinski definition) is 5. The summed E-state index contributed by atoms with van der Waals surface area (Å²) < 4.78 is 5.36. The van der Waals surface area contributed by atoms with Gasteiger partial charge in [0.2, 0.25) is 5.89 Å². The number of rotatable bonds is 7. The Balaban J connectivity index is 0.00000320. The lowest BCUT2D eigenvalue weighted by Gasteiger charge is -2.25. The van der Waals surface area contributed by atoms with Crippen molar-refractivity contribution < 1.29 is 4.52 Å². The first kappa shape index (κ1) is 24.6. The Morgan fingerprint density at radius 1 is 1.23 bits per heavy atom. The summed E-state index contributed by atoms with van der Waals surface area (Å²) in [5.41, 5.74) is 1.22. The molecule has 1 aliphatic rings. The average molecular weight is 526 g/mol. The molecule has 0 radical (unpaired) electrons. The highest BCUT2D eigenvalue weighted by Gasteiger charge is 2.25. The van der Waals surface area contributed by atoms with E-state index in [-0.39, 0.29) is 29.4 Å². The molecule has 2 aromatic rings. The second kappa shape index (κ2) is 11.6. The summed E-state index contributed by atoms with van der Waals surface area (Å²) in [4.78, 5) is 11.7. The summed E-state index contributed by atoms with van der Waals surface area (Å²) in [5.74, 6) is 2.04. The number of halogens is 1. The molecule has 0 spiro atoms. The summed E-state index contributed by atoms with van der Waals surface area (Å²) in [6.07, 6.45) is 2.45. The maximum Gasteiger partial charge on any atom is 0.232 e. The predicted octanol–water partition coefficient (Wildman–Crippen LogP) is 3.70. The molecule has 8 heteroatoms. The van der Waals surface area contributed by atoms with Crippen molar-refractivity contribution in [3.8, 4) is 0 Å². The molecule has 7 nitrogen and oxygen atoms in total. The number of nitrogens with one attached hydrogen (secondary N) is 2. The van der Waals surface area contributed by atoms with Crippen LogP contribution in [-0.2, 0) is 18.5 Å². The second-order valence-electron chi connectivity index (χ2n) is 8.59. The van der Waals surface area contributed by atoms with Crippen molar-refractivity contribution in [2.24, 2.45) is 4.99 Å². The fourth-order valence-electron chi connectivity index (χ4n) is 3.48. The third-order valence-electron chi connectivity index (χ3n) is 5.07. The van der Waals surface area contributed by atoms with Crippen LogP contribution in [0, 0.1) is 0 Å². The van der Waals surface area contributed by atoms with Gasteiger partial charge >= 0.3 is 0 Å². The molecule has 0 aliphatic carbocycles. The minimum Gasteiger partial charge on any atom is -0.357 e. The standard InChI is InChI=1S/C22H34N6O.HI/c1-5-23-21(25-15-19-26-20(29-27-19)22(2,3)4)24-14-18-12-9-13-28(18)16-17-10-7-6-8-11-17;/h6-8,10-11,18H,5,9,12-16H2,1-4H3,(H2,23,24,25);1H. The van der Waals surface area contributed by atoms with E-state index in [0.29, 0.717) is 24.3 Å². The number of likely N-dealkylation sites (tertiary alicyclic amines) is 1. The number of aliphatic imine (C=N–C) groups is 1. The highest BCUT2D eigenvalue weighted by molar-refractivity contribution is 14.0. The Morgan fingerprint density at radius 2 is 2.00 bits per heavy atom. The summed E-state index contributed by atoms with van der Waals surface area (Å²) in [6, 6.07) is 11.2. The summed E-state index contributed by atoms with van der Waals surface area (Å²) in [6.45, 7) is 12.5. The molecule has 2 heterocycles. The molecule has 30 heavy (non-hydrogen) atoms. The molecule has 2 N–H and O–H groups in total. The number of nitrogens with zero attached hydrogens (tertiary/aromatic N) is 4. The minimum absolute atomic E-state index is 0. The van der Waals surface area contributed by atoms with Gasteiger partial charge in [0.25, 0.3) is 0 Å². The zero-order valence-corrected chi connectivity index (χ0v) is 20.8. The van der Waals surface area contributed by atoms with Gasteiger partial charge in [-0.3, -0.25) is 4.90 Å². The highest BCUT2D eigenvalue weighted by atomic mass is 127. The highest BCUT2D eigenvalue weighted by Crippen LogP contribution is 2.20. The fourth-order valence-corrected chi connectivity index (χ4v) is 3.48. The first-order valence-corrected chi connectivity index (χ1v) is 10.6. The van der Waals surface area contributed by atoms with Gasteiger partial charge in [0.1, 0.15) is 6.54 Å². The van der Waals surface area contributed by atoms with Gasteiger partial charge in [0.05, 0.1) is 0 Å². The summed E-state index contributed by atoms with van der Waals surface area (Å²) >= 11 is 0. The van der Waals surface area contributed by atoms with Crippen LogP contribution in [0.1, 0.15) is 57.8 Å². The lowest BCUT2D eigenvalue weighted by molar-refractivity contribution is 0.245. The van der Waals surface area contributed by atoms with Crippen molar-refractivity contribution in [3.05, 3.63) is 47.6 Å². The smallest absolute Gasteiger partial charge is 0.232 e. The van der Waals surface area contributed by atoms with Gasteiger partial charge in [-0.25, -0.2) is 4.99 Å². The Morgan fingerprint density at radius 3 is 2.67 bits per heavy atom. The SMILES string of the molecule is CCNC(=NCc1noc(C(C)(C)C)n1)NCC1CCCN1Cc1ccccc1.I. The quantitative estimate of drug-likeness (QED) is 0.326.